The van der Waals surface area contributed by atoms with Crippen molar-refractivity contribution in [3.8, 4) is 0 Å². The number of hydrogen-bond donors (Lipinski definition) is 0. The fourth-order valence-electron chi connectivity index (χ4n) is 4.43. The Morgan fingerprint density at radius 2 is 1.87 bits per heavy atom. The second-order valence-electron chi connectivity index (χ2n) is 7.68. The average molecular weight is 505 g/mol. The monoisotopic (exact) mass is 504 g/mol. The minimum Gasteiger partial charge on any atom is -0.271 e. The van der Waals surface area contributed by atoms with E-state index in [2.05, 4.69) is 57.7 Å². The molecule has 1 atom stereocenters. The zero-order valence-corrected chi connectivity index (χ0v) is 19.6. The molecule has 2 aliphatic rings. The molecule has 3 nitrogen and oxygen atoms in total. The SMILES string of the molecule is O=c1c(=Cc2ccc(Br)cc2)sc2n1C(c1cccs1)C1=C(N=2)c2ccccc2CC1. The summed E-state index contributed by atoms with van der Waals surface area (Å²) in [5, 5.41) is 2.09. The van der Waals surface area contributed by atoms with Crippen molar-refractivity contribution in [3.63, 3.8) is 0 Å². The van der Waals surface area contributed by atoms with Gasteiger partial charge in [0.05, 0.1) is 16.3 Å². The van der Waals surface area contributed by atoms with Gasteiger partial charge in [-0.2, -0.15) is 0 Å². The maximum Gasteiger partial charge on any atom is 0.271 e. The molecule has 0 spiro atoms. The molecule has 0 radical (unpaired) electrons. The molecule has 1 aliphatic heterocycles. The quantitative estimate of drug-likeness (QED) is 0.372. The second-order valence-corrected chi connectivity index (χ2v) is 10.6. The lowest BCUT2D eigenvalue weighted by Crippen LogP contribution is -2.38. The van der Waals surface area contributed by atoms with E-state index in [0.29, 0.717) is 0 Å². The summed E-state index contributed by atoms with van der Waals surface area (Å²) in [4.78, 5) is 20.6. The third-order valence-corrected chi connectivity index (χ3v) is 8.29. The molecular formula is C25H17BrN2OS2. The summed E-state index contributed by atoms with van der Waals surface area (Å²) in [7, 11) is 0. The normalized spacial score (nSPS) is 17.7. The van der Waals surface area contributed by atoms with Crippen LogP contribution in [0.3, 0.4) is 0 Å². The first-order valence-corrected chi connectivity index (χ1v) is 12.6. The highest BCUT2D eigenvalue weighted by Crippen LogP contribution is 2.42. The summed E-state index contributed by atoms with van der Waals surface area (Å²) >= 11 is 6.66. The van der Waals surface area contributed by atoms with Gasteiger partial charge in [-0.15, -0.1) is 11.3 Å². The smallest absolute Gasteiger partial charge is 0.271 e. The van der Waals surface area contributed by atoms with Gasteiger partial charge in [-0.1, -0.05) is 69.7 Å². The van der Waals surface area contributed by atoms with Gasteiger partial charge in [-0.25, -0.2) is 4.99 Å². The highest BCUT2D eigenvalue weighted by molar-refractivity contribution is 9.10. The zero-order valence-electron chi connectivity index (χ0n) is 16.4. The van der Waals surface area contributed by atoms with Crippen LogP contribution >= 0.6 is 38.6 Å². The minimum atomic E-state index is -0.0772. The van der Waals surface area contributed by atoms with Crippen molar-refractivity contribution in [2.45, 2.75) is 18.9 Å². The molecule has 0 saturated carbocycles. The van der Waals surface area contributed by atoms with Gasteiger partial charge in [-0.05, 0) is 59.2 Å². The van der Waals surface area contributed by atoms with Crippen molar-refractivity contribution in [1.82, 2.24) is 4.57 Å². The molecule has 0 amide bonds. The van der Waals surface area contributed by atoms with Gasteiger partial charge in [0, 0.05) is 14.9 Å². The lowest BCUT2D eigenvalue weighted by molar-refractivity contribution is 0.593. The first-order valence-electron chi connectivity index (χ1n) is 10.1. The predicted octanol–water partition coefficient (Wildman–Crippen LogP) is 5.14. The predicted molar refractivity (Wildman–Crippen MR) is 131 cm³/mol. The third kappa shape index (κ3) is 3.21. The van der Waals surface area contributed by atoms with E-state index in [1.807, 2.05) is 34.9 Å². The molecule has 0 saturated heterocycles. The number of thiophene rings is 1. The molecule has 0 fully saturated rings. The van der Waals surface area contributed by atoms with E-state index in [1.165, 1.54) is 32.9 Å². The molecule has 4 aromatic rings. The fourth-order valence-corrected chi connectivity index (χ4v) is 6.54. The third-order valence-electron chi connectivity index (χ3n) is 5.85. The Hall–Kier alpha value is -2.54. The van der Waals surface area contributed by atoms with Gasteiger partial charge in [0.25, 0.3) is 5.56 Å². The van der Waals surface area contributed by atoms with Crippen molar-refractivity contribution >= 4 is 50.4 Å². The number of hydrogen-bond acceptors (Lipinski definition) is 4. The molecule has 0 bridgehead atoms. The van der Waals surface area contributed by atoms with Gasteiger partial charge in [-0.3, -0.25) is 9.36 Å². The summed E-state index contributed by atoms with van der Waals surface area (Å²) in [5.74, 6) is 0. The van der Waals surface area contributed by atoms with Crippen LogP contribution in [0.1, 0.15) is 34.0 Å². The van der Waals surface area contributed by atoms with Gasteiger partial charge >= 0.3 is 0 Å². The molecule has 31 heavy (non-hydrogen) atoms. The molecule has 3 heterocycles. The molecule has 0 N–H and O–H groups in total. The minimum absolute atomic E-state index is 0.0375. The molecule has 152 valence electrons. The van der Waals surface area contributed by atoms with E-state index in [4.69, 9.17) is 4.99 Å². The number of halogens is 1. The number of rotatable bonds is 2. The highest BCUT2D eigenvalue weighted by atomic mass is 79.9. The van der Waals surface area contributed by atoms with Crippen LogP contribution in [0.5, 0.6) is 0 Å². The van der Waals surface area contributed by atoms with Crippen molar-refractivity contribution in [2.24, 2.45) is 4.99 Å². The Morgan fingerprint density at radius 1 is 1.03 bits per heavy atom. The van der Waals surface area contributed by atoms with Crippen molar-refractivity contribution in [3.05, 3.63) is 117 Å². The lowest BCUT2D eigenvalue weighted by Gasteiger charge is -2.30. The number of benzene rings is 2. The number of aryl methyl sites for hydroxylation is 1. The Morgan fingerprint density at radius 3 is 2.68 bits per heavy atom. The standard InChI is InChI=1S/C25H17BrN2OS2/c26-17-10-7-15(8-11-17)14-21-24(29)28-23(20-6-3-13-30-20)19-12-9-16-4-1-2-5-18(16)22(19)27-25(28)31-21/h1-8,10-11,13-14,23H,9,12H2. The van der Waals surface area contributed by atoms with E-state index < -0.39 is 0 Å². The Labute approximate surface area is 195 Å². The summed E-state index contributed by atoms with van der Waals surface area (Å²) in [5.41, 5.74) is 5.89. The largest absolute Gasteiger partial charge is 0.271 e. The molecule has 2 aromatic heterocycles. The maximum atomic E-state index is 13.6. The zero-order chi connectivity index (χ0) is 20.9. The van der Waals surface area contributed by atoms with E-state index in [9.17, 15) is 4.79 Å². The van der Waals surface area contributed by atoms with Gasteiger partial charge in [0.2, 0.25) is 0 Å². The van der Waals surface area contributed by atoms with Crippen LogP contribution in [0.25, 0.3) is 11.8 Å². The van der Waals surface area contributed by atoms with Gasteiger partial charge in [0.15, 0.2) is 4.80 Å². The van der Waals surface area contributed by atoms with Crippen molar-refractivity contribution in [1.29, 1.82) is 0 Å². The molecule has 6 rings (SSSR count). The van der Waals surface area contributed by atoms with Crippen molar-refractivity contribution in [2.75, 3.05) is 0 Å². The second kappa shape index (κ2) is 7.55. The number of aromatic nitrogens is 1. The molecular weight excluding hydrogens is 488 g/mol. The summed E-state index contributed by atoms with van der Waals surface area (Å²) in [6.07, 6.45) is 3.88. The first-order chi connectivity index (χ1) is 15.2. The number of allylic oxidation sites excluding steroid dienone is 1. The van der Waals surface area contributed by atoms with Crippen LogP contribution in [-0.4, -0.2) is 4.57 Å². The van der Waals surface area contributed by atoms with Crippen LogP contribution in [0.2, 0.25) is 0 Å². The van der Waals surface area contributed by atoms with Crippen LogP contribution < -0.4 is 14.9 Å². The molecule has 1 aliphatic carbocycles. The summed E-state index contributed by atoms with van der Waals surface area (Å²) < 4.78 is 3.65. The van der Waals surface area contributed by atoms with E-state index >= 15 is 0 Å². The average Bonchev–Trinajstić information content (AvgIpc) is 3.43. The van der Waals surface area contributed by atoms with Crippen LogP contribution in [0.15, 0.2) is 85.9 Å². The summed E-state index contributed by atoms with van der Waals surface area (Å²) in [6.45, 7) is 0. The molecule has 6 heteroatoms. The maximum absolute atomic E-state index is 13.6. The summed E-state index contributed by atoms with van der Waals surface area (Å²) in [6, 6.07) is 20.7. The van der Waals surface area contributed by atoms with E-state index in [1.54, 1.807) is 11.3 Å². The van der Waals surface area contributed by atoms with Crippen LogP contribution in [-0.2, 0) is 6.42 Å². The van der Waals surface area contributed by atoms with Gasteiger partial charge in [0.1, 0.15) is 0 Å². The Bertz CT molecular complexity index is 1510. The Balaban J connectivity index is 1.62. The first kappa shape index (κ1) is 19.2. The van der Waals surface area contributed by atoms with Gasteiger partial charge < -0.3 is 0 Å². The molecule has 1 unspecified atom stereocenters. The number of fused-ring (bicyclic) bond motifs is 3. The Kier molecular flexibility index (Phi) is 4.67. The lowest BCUT2D eigenvalue weighted by atomic mass is 9.85. The van der Waals surface area contributed by atoms with E-state index in [-0.39, 0.29) is 11.6 Å². The van der Waals surface area contributed by atoms with Crippen molar-refractivity contribution < 1.29 is 0 Å². The number of nitrogens with zero attached hydrogens (tertiary/aromatic N) is 2. The fraction of sp³-hybridized carbons (Fsp3) is 0.120. The highest BCUT2D eigenvalue weighted by Gasteiger charge is 2.32. The van der Waals surface area contributed by atoms with E-state index in [0.717, 1.165) is 37.9 Å². The topological polar surface area (TPSA) is 34.4 Å². The number of thiazole rings is 1. The molecule has 2 aromatic carbocycles. The van der Waals surface area contributed by atoms with Crippen LogP contribution in [0.4, 0.5) is 0 Å². The van der Waals surface area contributed by atoms with Crippen LogP contribution in [0, 0.1) is 0 Å².